The Balaban J connectivity index is 1.68. The molecule has 0 radical (unpaired) electrons. The zero-order chi connectivity index (χ0) is 23.1. The number of rotatable bonds is 5. The van der Waals surface area contributed by atoms with Crippen LogP contribution >= 0.6 is 0 Å². The quantitative estimate of drug-likeness (QED) is 0.500. The van der Waals surface area contributed by atoms with Gasteiger partial charge in [-0.1, -0.05) is 36.4 Å². The van der Waals surface area contributed by atoms with E-state index in [-0.39, 0.29) is 0 Å². The molecule has 33 heavy (non-hydrogen) atoms. The Bertz CT molecular complexity index is 1370. The van der Waals surface area contributed by atoms with E-state index in [2.05, 4.69) is 59.7 Å². The van der Waals surface area contributed by atoms with Gasteiger partial charge in [-0.15, -0.1) is 0 Å². The first-order valence-electron chi connectivity index (χ1n) is 11.2. The summed E-state index contributed by atoms with van der Waals surface area (Å²) in [5.41, 5.74) is 13.1. The van der Waals surface area contributed by atoms with Crippen LogP contribution in [0.4, 0.5) is 5.82 Å². The SMILES string of the molecule is COc1cccc(Cn2c(C)c(C)c3cc(C(N)=O)nc(N4CCc5ccccc5C4)c32)c1. The van der Waals surface area contributed by atoms with E-state index in [4.69, 9.17) is 15.5 Å². The van der Waals surface area contributed by atoms with Crippen LogP contribution in [-0.4, -0.2) is 29.1 Å². The lowest BCUT2D eigenvalue weighted by atomic mass is 10.00. The van der Waals surface area contributed by atoms with Gasteiger partial charge in [0.1, 0.15) is 11.4 Å². The predicted molar refractivity (Wildman–Crippen MR) is 131 cm³/mol. The molecule has 0 unspecified atom stereocenters. The number of aryl methyl sites for hydroxylation is 1. The highest BCUT2D eigenvalue weighted by molar-refractivity contribution is 6.00. The standard InChI is InChI=1S/C27H28N4O2/c1-17-18(2)31(15-19-7-6-10-22(13-19)33-3)25-23(17)14-24(26(28)32)29-27(25)30-12-11-20-8-4-5-9-21(20)16-30/h4-10,13-14H,11-12,15-16H2,1-3H3,(H2,28,32). The van der Waals surface area contributed by atoms with Crippen LogP contribution in [-0.2, 0) is 19.5 Å². The molecule has 0 atom stereocenters. The first-order chi connectivity index (χ1) is 16.0. The molecule has 2 aromatic carbocycles. The number of methoxy groups -OCH3 is 1. The molecule has 6 heteroatoms. The van der Waals surface area contributed by atoms with E-state index in [0.717, 1.165) is 58.8 Å². The summed E-state index contributed by atoms with van der Waals surface area (Å²) in [4.78, 5) is 19.2. The zero-order valence-corrected chi connectivity index (χ0v) is 19.3. The predicted octanol–water partition coefficient (Wildman–Crippen LogP) is 4.37. The molecule has 0 aliphatic carbocycles. The molecule has 3 heterocycles. The number of hydrogen-bond acceptors (Lipinski definition) is 4. The second-order valence-electron chi connectivity index (χ2n) is 8.68. The third-order valence-corrected chi connectivity index (χ3v) is 6.75. The van der Waals surface area contributed by atoms with Gasteiger partial charge in [-0.2, -0.15) is 0 Å². The summed E-state index contributed by atoms with van der Waals surface area (Å²) in [5, 5.41) is 1.02. The van der Waals surface area contributed by atoms with Crippen LogP contribution in [0.5, 0.6) is 5.75 Å². The summed E-state index contributed by atoms with van der Waals surface area (Å²) >= 11 is 0. The molecule has 2 N–H and O–H groups in total. The molecular formula is C27H28N4O2. The van der Waals surface area contributed by atoms with Crippen molar-refractivity contribution in [3.63, 3.8) is 0 Å². The molecule has 1 aliphatic rings. The number of carbonyl (C=O) groups is 1. The highest BCUT2D eigenvalue weighted by Crippen LogP contribution is 2.35. The van der Waals surface area contributed by atoms with Crippen molar-refractivity contribution in [1.29, 1.82) is 0 Å². The third kappa shape index (κ3) is 3.71. The number of aromatic nitrogens is 2. The Morgan fingerprint density at radius 2 is 1.88 bits per heavy atom. The van der Waals surface area contributed by atoms with Gasteiger partial charge in [-0.3, -0.25) is 4.79 Å². The first kappa shape index (κ1) is 21.1. The van der Waals surface area contributed by atoms with Crippen LogP contribution < -0.4 is 15.4 Å². The number of primary amides is 1. The number of carbonyl (C=O) groups excluding carboxylic acids is 1. The molecule has 4 aromatic rings. The van der Waals surface area contributed by atoms with Crippen molar-refractivity contribution < 1.29 is 9.53 Å². The summed E-state index contributed by atoms with van der Waals surface area (Å²) in [6, 6.07) is 18.5. The lowest BCUT2D eigenvalue weighted by molar-refractivity contribution is 0.0996. The van der Waals surface area contributed by atoms with Gasteiger partial charge in [-0.05, 0) is 60.7 Å². The van der Waals surface area contributed by atoms with Crippen LogP contribution in [0.2, 0.25) is 0 Å². The molecule has 0 saturated carbocycles. The van der Waals surface area contributed by atoms with E-state index in [1.165, 1.54) is 11.1 Å². The van der Waals surface area contributed by atoms with Gasteiger partial charge in [0.25, 0.3) is 5.91 Å². The van der Waals surface area contributed by atoms with Gasteiger partial charge in [0.2, 0.25) is 0 Å². The number of anilines is 1. The molecule has 0 spiro atoms. The second kappa shape index (κ2) is 8.28. The van der Waals surface area contributed by atoms with E-state index in [1.807, 2.05) is 18.2 Å². The van der Waals surface area contributed by atoms with Crippen molar-refractivity contribution in [2.45, 2.75) is 33.4 Å². The fourth-order valence-electron chi connectivity index (χ4n) is 4.82. The summed E-state index contributed by atoms with van der Waals surface area (Å²) in [6.07, 6.45) is 0.939. The number of nitrogens with two attached hydrogens (primary N) is 1. The maximum Gasteiger partial charge on any atom is 0.267 e. The van der Waals surface area contributed by atoms with Crippen LogP contribution in [0.3, 0.4) is 0 Å². The molecule has 1 aliphatic heterocycles. The minimum absolute atomic E-state index is 0.304. The summed E-state index contributed by atoms with van der Waals surface area (Å²) in [5.74, 6) is 1.14. The lowest BCUT2D eigenvalue weighted by Crippen LogP contribution is -2.32. The smallest absolute Gasteiger partial charge is 0.267 e. The molecular weight excluding hydrogens is 412 g/mol. The van der Waals surface area contributed by atoms with Crippen molar-refractivity contribution in [2.24, 2.45) is 5.73 Å². The Morgan fingerprint density at radius 1 is 1.09 bits per heavy atom. The van der Waals surface area contributed by atoms with Gasteiger partial charge in [0, 0.05) is 30.7 Å². The van der Waals surface area contributed by atoms with E-state index < -0.39 is 5.91 Å². The van der Waals surface area contributed by atoms with Gasteiger partial charge in [0.15, 0.2) is 5.82 Å². The molecule has 0 bridgehead atoms. The Kier molecular flexibility index (Phi) is 5.29. The number of fused-ring (bicyclic) bond motifs is 2. The van der Waals surface area contributed by atoms with Crippen molar-refractivity contribution in [1.82, 2.24) is 9.55 Å². The third-order valence-electron chi connectivity index (χ3n) is 6.75. The average molecular weight is 441 g/mol. The molecule has 0 saturated heterocycles. The van der Waals surface area contributed by atoms with Gasteiger partial charge in [-0.25, -0.2) is 4.98 Å². The largest absolute Gasteiger partial charge is 0.497 e. The van der Waals surface area contributed by atoms with Crippen molar-refractivity contribution >= 4 is 22.6 Å². The fraction of sp³-hybridized carbons (Fsp3) is 0.259. The first-order valence-corrected chi connectivity index (χ1v) is 11.2. The second-order valence-corrected chi connectivity index (χ2v) is 8.68. The number of amides is 1. The highest BCUT2D eigenvalue weighted by atomic mass is 16.5. The summed E-state index contributed by atoms with van der Waals surface area (Å²) in [7, 11) is 1.68. The minimum atomic E-state index is -0.506. The van der Waals surface area contributed by atoms with Gasteiger partial charge in [0.05, 0.1) is 12.6 Å². The Labute approximate surface area is 193 Å². The number of nitrogens with zero attached hydrogens (tertiary/aromatic N) is 3. The van der Waals surface area contributed by atoms with Gasteiger partial charge >= 0.3 is 0 Å². The highest BCUT2D eigenvalue weighted by Gasteiger charge is 2.25. The Hall–Kier alpha value is -3.80. The summed E-state index contributed by atoms with van der Waals surface area (Å²) < 4.78 is 7.73. The van der Waals surface area contributed by atoms with Crippen LogP contribution in [0.15, 0.2) is 54.6 Å². The molecule has 1 amide bonds. The average Bonchev–Trinajstić information content (AvgIpc) is 3.08. The normalized spacial score (nSPS) is 13.2. The van der Waals surface area contributed by atoms with E-state index in [1.54, 1.807) is 7.11 Å². The van der Waals surface area contributed by atoms with Crippen LogP contribution in [0, 0.1) is 13.8 Å². The Morgan fingerprint density at radius 3 is 2.64 bits per heavy atom. The van der Waals surface area contributed by atoms with Crippen LogP contribution in [0.25, 0.3) is 10.9 Å². The summed E-state index contributed by atoms with van der Waals surface area (Å²) in [6.45, 7) is 6.49. The van der Waals surface area contributed by atoms with E-state index in [9.17, 15) is 4.79 Å². The minimum Gasteiger partial charge on any atom is -0.497 e. The molecule has 2 aromatic heterocycles. The van der Waals surface area contributed by atoms with Crippen LogP contribution in [0.1, 0.15) is 38.4 Å². The van der Waals surface area contributed by atoms with Crippen molar-refractivity contribution in [2.75, 3.05) is 18.6 Å². The number of benzene rings is 2. The maximum absolute atomic E-state index is 12.2. The topological polar surface area (TPSA) is 73.4 Å². The van der Waals surface area contributed by atoms with Gasteiger partial charge < -0.3 is 19.9 Å². The molecule has 6 nitrogen and oxygen atoms in total. The zero-order valence-electron chi connectivity index (χ0n) is 19.3. The molecule has 5 rings (SSSR count). The van der Waals surface area contributed by atoms with Crippen molar-refractivity contribution in [3.05, 3.63) is 88.2 Å². The maximum atomic E-state index is 12.2. The van der Waals surface area contributed by atoms with Crippen molar-refractivity contribution in [3.8, 4) is 5.75 Å². The monoisotopic (exact) mass is 440 g/mol. The van der Waals surface area contributed by atoms with E-state index in [0.29, 0.717) is 12.2 Å². The molecule has 0 fully saturated rings. The number of pyridine rings is 1. The fourth-order valence-corrected chi connectivity index (χ4v) is 4.82. The molecule has 168 valence electrons. The lowest BCUT2D eigenvalue weighted by Gasteiger charge is -2.31. The van der Waals surface area contributed by atoms with E-state index >= 15 is 0 Å². The number of hydrogen-bond donors (Lipinski definition) is 1. The number of ether oxygens (including phenoxy) is 1.